The molecule has 5 amide bonds. The highest BCUT2D eigenvalue weighted by Gasteiger charge is 2.15. The van der Waals surface area contributed by atoms with Gasteiger partial charge >= 0.3 is 0 Å². The molecule has 15 nitrogen and oxygen atoms in total. The summed E-state index contributed by atoms with van der Waals surface area (Å²) >= 11 is 0. The van der Waals surface area contributed by atoms with E-state index in [2.05, 4.69) is 26.6 Å². The van der Waals surface area contributed by atoms with E-state index in [4.69, 9.17) is 0 Å². The van der Waals surface area contributed by atoms with Gasteiger partial charge < -0.3 is 31.4 Å². The number of unbranched alkanes of at least 4 members (excludes halogenated alkanes) is 20. The van der Waals surface area contributed by atoms with Crippen molar-refractivity contribution in [2.75, 3.05) is 32.7 Å². The Kier molecular flexibility index (Phi) is 37.9. The zero-order valence-corrected chi connectivity index (χ0v) is 38.3. The Labute approximate surface area is 371 Å². The van der Waals surface area contributed by atoms with Crippen molar-refractivity contribution < 1.29 is 47.9 Å². The molecular formula is C47H81N5O10. The summed E-state index contributed by atoms with van der Waals surface area (Å²) in [7, 11) is 0. The lowest BCUT2D eigenvalue weighted by Crippen LogP contribution is -2.31. The zero-order valence-electron chi connectivity index (χ0n) is 38.3. The van der Waals surface area contributed by atoms with Crippen LogP contribution in [-0.2, 0) is 47.9 Å². The Morgan fingerprint density at radius 2 is 0.435 bits per heavy atom. The quantitative estimate of drug-likeness (QED) is 0.0346. The number of carbonyl (C=O) groups excluding carboxylic acids is 10. The van der Waals surface area contributed by atoms with Gasteiger partial charge in [-0.3, -0.25) is 43.2 Å². The third kappa shape index (κ3) is 37.5. The highest BCUT2D eigenvalue weighted by molar-refractivity contribution is 6.37. The Bertz CT molecular complexity index is 1250. The lowest BCUT2D eigenvalue weighted by atomic mass is 10.1. The number of amides is 5. The number of carbonyl (C=O) groups is 10. The monoisotopic (exact) mass is 876 g/mol. The van der Waals surface area contributed by atoms with Gasteiger partial charge in [0.2, 0.25) is 29.0 Å². The van der Waals surface area contributed by atoms with Crippen molar-refractivity contribution in [1.82, 2.24) is 26.6 Å². The van der Waals surface area contributed by atoms with Crippen molar-refractivity contribution in [2.45, 2.75) is 206 Å². The Balaban J connectivity index is 3.63. The predicted octanol–water partition coefficient (Wildman–Crippen LogP) is 6.16. The molecule has 0 aromatic heterocycles. The first-order valence-corrected chi connectivity index (χ1v) is 23.8. The molecule has 5 N–H and O–H groups in total. The summed E-state index contributed by atoms with van der Waals surface area (Å²) < 4.78 is 0. The molecular weight excluding hydrogens is 795 g/mol. The molecule has 354 valence electrons. The first kappa shape index (κ1) is 57.7. The van der Waals surface area contributed by atoms with Crippen molar-refractivity contribution in [3.05, 3.63) is 0 Å². The van der Waals surface area contributed by atoms with Gasteiger partial charge in [0, 0.05) is 71.8 Å². The van der Waals surface area contributed by atoms with Crippen LogP contribution in [0.25, 0.3) is 0 Å². The SMILES string of the molecule is CC(=O)CCCCCCCNC(=O)C(=O)CCCCCCCNC(=O)C(=O)CCCCCCCNC(=O)C(=O)CCCCCCCNC(=O)C(=O)CCCCCCCNC(C)=O. The van der Waals surface area contributed by atoms with Gasteiger partial charge in [0.15, 0.2) is 0 Å². The maximum Gasteiger partial charge on any atom is 0.287 e. The van der Waals surface area contributed by atoms with Crippen LogP contribution in [-0.4, -0.2) is 91.2 Å². The number of hydrogen-bond acceptors (Lipinski definition) is 10. The predicted molar refractivity (Wildman–Crippen MR) is 240 cm³/mol. The fourth-order valence-electron chi connectivity index (χ4n) is 6.71. The van der Waals surface area contributed by atoms with Crippen LogP contribution >= 0.6 is 0 Å². The van der Waals surface area contributed by atoms with E-state index in [1.807, 2.05) is 0 Å². The van der Waals surface area contributed by atoms with Crippen LogP contribution in [0.3, 0.4) is 0 Å². The van der Waals surface area contributed by atoms with Crippen molar-refractivity contribution in [1.29, 1.82) is 0 Å². The molecule has 15 heteroatoms. The van der Waals surface area contributed by atoms with Crippen LogP contribution in [0.1, 0.15) is 206 Å². The summed E-state index contributed by atoms with van der Waals surface area (Å²) in [5.74, 6) is -3.67. The van der Waals surface area contributed by atoms with Gasteiger partial charge in [-0.1, -0.05) is 96.3 Å². The number of ketones is 5. The van der Waals surface area contributed by atoms with E-state index >= 15 is 0 Å². The topological polar surface area (TPSA) is 231 Å². The van der Waals surface area contributed by atoms with E-state index in [-0.39, 0.29) is 37.4 Å². The molecule has 0 saturated heterocycles. The van der Waals surface area contributed by atoms with Crippen LogP contribution in [0.2, 0.25) is 0 Å². The average Bonchev–Trinajstić information content (AvgIpc) is 3.24. The molecule has 0 spiro atoms. The standard InChI is InChI=1S/C47H81N5O10/c1-38(53)28-18-8-3-14-24-34-49-44(59)41(56)30-20-10-5-16-26-36-51-46(61)43(58)32-22-12-7-17-27-37-52-47(62)42(57)31-21-11-6-15-25-35-50-45(60)40(55)29-19-9-4-13-23-33-48-39(2)54/h3-37H2,1-2H3,(H,48,54)(H,49,59)(H,50,60)(H,51,61)(H,52,62). The fourth-order valence-corrected chi connectivity index (χ4v) is 6.71. The van der Waals surface area contributed by atoms with Crippen LogP contribution < -0.4 is 26.6 Å². The number of nitrogens with one attached hydrogen (secondary N) is 5. The van der Waals surface area contributed by atoms with Crippen LogP contribution in [0, 0.1) is 0 Å². The van der Waals surface area contributed by atoms with Gasteiger partial charge in [-0.25, -0.2) is 0 Å². The lowest BCUT2D eigenvalue weighted by molar-refractivity contribution is -0.138. The molecule has 62 heavy (non-hydrogen) atoms. The summed E-state index contributed by atoms with van der Waals surface area (Å²) in [4.78, 5) is 118. The summed E-state index contributed by atoms with van der Waals surface area (Å²) in [5, 5.41) is 13.5. The van der Waals surface area contributed by atoms with E-state index in [0.717, 1.165) is 135 Å². The molecule has 0 saturated carbocycles. The lowest BCUT2D eigenvalue weighted by Gasteiger charge is -2.06. The molecule has 0 heterocycles. The third-order valence-corrected chi connectivity index (χ3v) is 10.6. The van der Waals surface area contributed by atoms with E-state index in [1.165, 1.54) is 6.92 Å². The van der Waals surface area contributed by atoms with Crippen LogP contribution in [0.15, 0.2) is 0 Å². The highest BCUT2D eigenvalue weighted by atomic mass is 16.2. The van der Waals surface area contributed by atoms with Crippen molar-refractivity contribution in [3.63, 3.8) is 0 Å². The average molecular weight is 876 g/mol. The van der Waals surface area contributed by atoms with Gasteiger partial charge in [0.25, 0.3) is 23.6 Å². The highest BCUT2D eigenvalue weighted by Crippen LogP contribution is 2.10. The Morgan fingerprint density at radius 3 is 0.661 bits per heavy atom. The molecule has 0 aliphatic heterocycles. The van der Waals surface area contributed by atoms with Gasteiger partial charge in [-0.15, -0.1) is 0 Å². The molecule has 0 unspecified atom stereocenters. The minimum Gasteiger partial charge on any atom is -0.356 e. The molecule has 0 rings (SSSR count). The third-order valence-electron chi connectivity index (χ3n) is 10.6. The summed E-state index contributed by atoms with van der Waals surface area (Å²) in [5.41, 5.74) is 0. The summed E-state index contributed by atoms with van der Waals surface area (Å²) in [6.45, 7) is 5.48. The zero-order chi connectivity index (χ0) is 46.1. The number of hydrogen-bond donors (Lipinski definition) is 5. The second-order valence-corrected chi connectivity index (χ2v) is 16.5. The maximum atomic E-state index is 12.2. The Hall–Kier alpha value is -4.30. The van der Waals surface area contributed by atoms with E-state index < -0.39 is 46.8 Å². The van der Waals surface area contributed by atoms with Gasteiger partial charge in [-0.2, -0.15) is 0 Å². The van der Waals surface area contributed by atoms with E-state index in [9.17, 15) is 47.9 Å². The molecule has 0 aliphatic carbocycles. The first-order chi connectivity index (χ1) is 29.8. The molecule has 0 fully saturated rings. The van der Waals surface area contributed by atoms with Crippen LogP contribution in [0.4, 0.5) is 0 Å². The molecule has 0 radical (unpaired) electrons. The first-order valence-electron chi connectivity index (χ1n) is 23.8. The second kappa shape index (κ2) is 40.8. The smallest absolute Gasteiger partial charge is 0.287 e. The maximum absolute atomic E-state index is 12.2. The summed E-state index contributed by atoms with van der Waals surface area (Å²) in [6, 6.07) is 0. The molecule has 0 aromatic rings. The minimum absolute atomic E-state index is 0.0342. The van der Waals surface area contributed by atoms with Crippen LogP contribution in [0.5, 0.6) is 0 Å². The summed E-state index contributed by atoms with van der Waals surface area (Å²) in [6.07, 6.45) is 22.1. The largest absolute Gasteiger partial charge is 0.356 e. The van der Waals surface area contributed by atoms with Crippen molar-refractivity contribution in [3.8, 4) is 0 Å². The molecule has 0 atom stereocenters. The normalized spacial score (nSPS) is 10.7. The Morgan fingerprint density at radius 1 is 0.242 bits per heavy atom. The number of Topliss-reactive ketones (excluding diaryl/α,β-unsaturated/α-hetero) is 5. The molecule has 0 aliphatic rings. The molecule has 0 aromatic carbocycles. The van der Waals surface area contributed by atoms with Crippen molar-refractivity contribution in [2.24, 2.45) is 0 Å². The molecule has 0 bridgehead atoms. The van der Waals surface area contributed by atoms with Gasteiger partial charge in [-0.05, 0) is 71.1 Å². The van der Waals surface area contributed by atoms with E-state index in [0.29, 0.717) is 64.8 Å². The van der Waals surface area contributed by atoms with E-state index in [1.54, 1.807) is 6.92 Å². The van der Waals surface area contributed by atoms with Crippen molar-refractivity contribution >= 4 is 58.5 Å². The minimum atomic E-state index is -0.568. The number of rotatable bonds is 44. The second-order valence-electron chi connectivity index (χ2n) is 16.5. The van der Waals surface area contributed by atoms with Gasteiger partial charge in [0.1, 0.15) is 5.78 Å². The fraction of sp³-hybridized carbons (Fsp3) is 0.787. The van der Waals surface area contributed by atoms with Gasteiger partial charge in [0.05, 0.1) is 0 Å².